The summed E-state index contributed by atoms with van der Waals surface area (Å²) in [6.45, 7) is -0.429. The first-order valence-electron chi connectivity index (χ1n) is 41.4. The number of carbonyl (C=O) groups is 20. The molecule has 0 spiro atoms. The Hall–Kier alpha value is -14.9. The summed E-state index contributed by atoms with van der Waals surface area (Å²) in [5.74, 6) is -23.7. The Balaban J connectivity index is 1.36. The van der Waals surface area contributed by atoms with Crippen LogP contribution in [0.4, 0.5) is 0 Å². The SMILES string of the molecule is CC(=O)N[C@H]1CNC(=O)C[C@@H](C(=O)N[C@@H](Cc2ccc(O)cc2)C(=O)N[C@@H](Cc2c[nH]c3ccccc23)C(=O)N[C@@H](CCCNC(=N)N)C(=O)N[C@@H](CCC(=O)O)C(=O)N[C@@H](CC(N)=O)C(=O)NCC(=O)NCCOCC(=O)N[C@H](CCCCN)C(N)=O)NC(=O)[C@H](CCC(N)=O)NC(=O)[C@H](Cc2c[nH]c3ccccc23)NC(=O)[C@H]([C@@H](C)O)NC(=O)[C@H](CCC(N)=O)NC1=O. The van der Waals surface area contributed by atoms with Gasteiger partial charge < -0.3 is 149 Å². The number of nitrogens with one attached hydrogen (secondary N) is 19. The average molecular weight is 1820 g/mol. The number of primary amides is 4. The average Bonchev–Trinajstić information content (AvgIpc) is 1.29. The number of hydrogen-bond donors (Lipinski definition) is 28. The lowest BCUT2D eigenvalue weighted by molar-refractivity contribution is -0.139. The van der Waals surface area contributed by atoms with Crippen molar-refractivity contribution in [3.63, 3.8) is 0 Å². The number of unbranched alkanes of at least 4 members (excludes halogenated alkanes) is 1. The van der Waals surface area contributed by atoms with Gasteiger partial charge in [0, 0.05) is 99.3 Å². The summed E-state index contributed by atoms with van der Waals surface area (Å²) in [6.07, 6.45) is -5.74. The van der Waals surface area contributed by atoms with Crippen LogP contribution in [0.1, 0.15) is 114 Å². The number of H-pyrrole nitrogens is 2. The quantitative estimate of drug-likeness (QED) is 0.00977. The lowest BCUT2D eigenvalue weighted by atomic mass is 10.0. The van der Waals surface area contributed by atoms with Crippen LogP contribution in [-0.4, -0.2) is 274 Å². The Bertz CT molecular complexity index is 4910. The Labute approximate surface area is 742 Å². The number of rotatable bonds is 47. The lowest BCUT2D eigenvalue weighted by Crippen LogP contribution is -2.63. The minimum absolute atomic E-state index is 0.132. The van der Waals surface area contributed by atoms with E-state index in [1.54, 1.807) is 48.5 Å². The van der Waals surface area contributed by atoms with Crippen LogP contribution < -0.4 is 119 Å². The van der Waals surface area contributed by atoms with Gasteiger partial charge >= 0.3 is 5.97 Å². The van der Waals surface area contributed by atoms with Gasteiger partial charge in [0.2, 0.25) is 112 Å². The molecule has 34 N–H and O–H groups in total. The van der Waals surface area contributed by atoms with Gasteiger partial charge in [-0.2, -0.15) is 0 Å². The van der Waals surface area contributed by atoms with Gasteiger partial charge in [0.25, 0.3) is 0 Å². The molecule has 6 rings (SSSR count). The fraction of sp³-hybridized carbons (Fsp3) is 0.469. The van der Waals surface area contributed by atoms with E-state index in [1.165, 1.54) is 36.7 Å². The number of guanidine groups is 1. The number of hydrogen-bond acceptors (Lipinski definition) is 25. The maximum Gasteiger partial charge on any atom is 0.303 e. The highest BCUT2D eigenvalue weighted by molar-refractivity contribution is 6.02. The smallest absolute Gasteiger partial charge is 0.303 e. The summed E-state index contributed by atoms with van der Waals surface area (Å²) in [5, 5.41) is 78.6. The number of aromatic hydroxyl groups is 1. The van der Waals surface area contributed by atoms with E-state index in [-0.39, 0.29) is 43.9 Å². The maximum absolute atomic E-state index is 15.6. The lowest BCUT2D eigenvalue weighted by Gasteiger charge is -2.29. The molecule has 49 nitrogen and oxygen atoms in total. The van der Waals surface area contributed by atoms with Crippen molar-refractivity contribution in [2.45, 2.75) is 195 Å². The fourth-order valence-electron chi connectivity index (χ4n) is 13.4. The second kappa shape index (κ2) is 52.3. The standard InChI is InChI=1S/C81H113N25O24/c1-40(107)68-80(129)105-57(32-44-36-92-49-13-6-4-11-47(44)49)77(126)99-52(20-23-61(83)110)72(121)104-59(34-64(113)93-37-60(95-41(2)108)79(128)100-53(74(123)106-68)21-24-62(84)111)78(127)101-55(30-42-16-18-45(109)19-17-42)75(124)102-56(31-43-35-91-48-12-5-3-10-46(43)48)76(125)97-51(15-9-27-90-81(87)88)71(120)98-54(22-25-67(116)117)73(122)103-58(33-63(85)112)70(119)94-38-65(114)89-28-29-130-39-66(115)96-50(69(86)118)14-7-8-26-82/h3-6,10-13,16-19,35-36,40,50-60,68,91-92,107,109H,7-9,14-15,20-34,37-39,82H2,1-2H3,(H2,83,110)(H2,84,111)(H2,85,112)(H2,86,118)(H,89,114)(H,93,113)(H,94,119)(H,95,108)(H,96,115)(H,97,125)(H,98,120)(H,99,126)(H,100,128)(H,101,127)(H,102,124)(H,103,122)(H,104,121)(H,105,129)(H,106,123)(H,116,117)(H4,87,88,90)/t40-,50-,51+,52+,53+,54+,55+,56+,57+,58+,59+,60+,68+/m1/s1. The molecule has 1 saturated heterocycles. The van der Waals surface area contributed by atoms with Crippen molar-refractivity contribution in [3.05, 3.63) is 102 Å². The van der Waals surface area contributed by atoms with Crippen molar-refractivity contribution in [2.24, 2.45) is 34.4 Å². The number of phenols is 1. The number of aliphatic hydroxyl groups excluding tert-OH is 1. The highest BCUT2D eigenvalue weighted by atomic mass is 16.5. The van der Waals surface area contributed by atoms with Crippen LogP contribution in [0.25, 0.3) is 21.8 Å². The zero-order chi connectivity index (χ0) is 95.8. The van der Waals surface area contributed by atoms with Gasteiger partial charge in [0.05, 0.1) is 32.1 Å². The Morgan fingerprint density at radius 1 is 0.538 bits per heavy atom. The molecular weight excluding hydrogens is 1710 g/mol. The van der Waals surface area contributed by atoms with Gasteiger partial charge in [0.1, 0.15) is 84.9 Å². The van der Waals surface area contributed by atoms with Crippen molar-refractivity contribution < 1.29 is 116 Å². The maximum atomic E-state index is 15.6. The number of carboxylic acids is 1. The molecule has 3 heterocycles. The predicted octanol–water partition coefficient (Wildman–Crippen LogP) is -9.48. The van der Waals surface area contributed by atoms with Crippen molar-refractivity contribution in [1.82, 2.24) is 95.0 Å². The van der Waals surface area contributed by atoms with Gasteiger partial charge in [-0.25, -0.2) is 0 Å². The molecule has 3 aromatic carbocycles. The van der Waals surface area contributed by atoms with Crippen molar-refractivity contribution >= 4 is 146 Å². The molecule has 5 aromatic rings. The predicted molar refractivity (Wildman–Crippen MR) is 460 cm³/mol. The van der Waals surface area contributed by atoms with E-state index in [4.69, 9.17) is 44.5 Å². The molecule has 49 heteroatoms. The first-order chi connectivity index (χ1) is 61.7. The van der Waals surface area contributed by atoms with Crippen LogP contribution in [0.15, 0.2) is 85.2 Å². The summed E-state index contributed by atoms with van der Waals surface area (Å²) >= 11 is 0. The molecule has 0 saturated carbocycles. The molecule has 0 unspecified atom stereocenters. The number of para-hydroxylation sites is 2. The molecule has 0 bridgehead atoms. The summed E-state index contributed by atoms with van der Waals surface area (Å²) in [7, 11) is 0. The summed E-state index contributed by atoms with van der Waals surface area (Å²) in [6, 6.07) is -3.65. The number of aliphatic hydroxyl groups is 1. The van der Waals surface area contributed by atoms with Crippen LogP contribution in [-0.2, 0) is 120 Å². The Morgan fingerprint density at radius 2 is 1.08 bits per heavy atom. The van der Waals surface area contributed by atoms with E-state index in [0.29, 0.717) is 52.3 Å². The number of carbonyl (C=O) groups excluding carboxylic acids is 19. The number of nitrogens with two attached hydrogens (primary N) is 6. The van der Waals surface area contributed by atoms with E-state index in [0.717, 1.165) is 13.8 Å². The van der Waals surface area contributed by atoms with Crippen LogP contribution >= 0.6 is 0 Å². The monoisotopic (exact) mass is 1820 g/mol. The number of aliphatic carboxylic acids is 1. The van der Waals surface area contributed by atoms with Crippen molar-refractivity contribution in [3.8, 4) is 5.75 Å². The van der Waals surface area contributed by atoms with Gasteiger partial charge in [-0.05, 0) is 106 Å². The summed E-state index contributed by atoms with van der Waals surface area (Å²) in [4.78, 5) is 282. The number of ether oxygens (including phenoxy) is 1. The van der Waals surface area contributed by atoms with Gasteiger partial charge in [-0.3, -0.25) is 101 Å². The highest BCUT2D eigenvalue weighted by Gasteiger charge is 2.40. The molecule has 1 fully saturated rings. The molecular formula is C81H113N25O24. The molecule has 2 aromatic heterocycles. The molecule has 1 aliphatic heterocycles. The van der Waals surface area contributed by atoms with E-state index in [9.17, 15) is 92.0 Å². The van der Waals surface area contributed by atoms with E-state index in [2.05, 4.69) is 95.0 Å². The summed E-state index contributed by atoms with van der Waals surface area (Å²) < 4.78 is 5.26. The number of phenolic OH excluding ortho intramolecular Hbond substituents is 1. The highest BCUT2D eigenvalue weighted by Crippen LogP contribution is 2.23. The van der Waals surface area contributed by atoms with Crippen LogP contribution in [0.3, 0.4) is 0 Å². The second-order valence-electron chi connectivity index (χ2n) is 30.6. The minimum Gasteiger partial charge on any atom is -0.508 e. The van der Waals surface area contributed by atoms with Crippen molar-refractivity contribution in [1.29, 1.82) is 5.41 Å². The molecule has 1 aliphatic rings. The zero-order valence-corrected chi connectivity index (χ0v) is 71.2. The third-order valence-corrected chi connectivity index (χ3v) is 20.2. The van der Waals surface area contributed by atoms with Crippen LogP contribution in [0.5, 0.6) is 5.75 Å². The van der Waals surface area contributed by atoms with E-state index < -0.39 is 300 Å². The van der Waals surface area contributed by atoms with Crippen LogP contribution in [0.2, 0.25) is 0 Å². The van der Waals surface area contributed by atoms with Crippen LogP contribution in [0, 0.1) is 5.41 Å². The minimum atomic E-state index is -2.23. The fourth-order valence-corrected chi connectivity index (χ4v) is 13.4. The third-order valence-electron chi connectivity index (χ3n) is 20.2. The molecule has 706 valence electrons. The normalized spacial score (nSPS) is 18.0. The number of aromatic nitrogens is 2. The number of carboxylic acid groups (broad SMARTS) is 1. The number of aromatic amines is 2. The number of fused-ring (bicyclic) bond motifs is 2. The Morgan fingerprint density at radius 3 is 1.65 bits per heavy atom. The summed E-state index contributed by atoms with van der Waals surface area (Å²) in [5.41, 5.74) is 34.9. The van der Waals surface area contributed by atoms with Gasteiger partial charge in [0.15, 0.2) is 5.96 Å². The molecule has 130 heavy (non-hydrogen) atoms. The molecule has 13 atom stereocenters. The zero-order valence-electron chi connectivity index (χ0n) is 71.2. The molecule has 0 aliphatic carbocycles. The van der Waals surface area contributed by atoms with E-state index >= 15 is 19.2 Å². The van der Waals surface area contributed by atoms with Crippen molar-refractivity contribution in [2.75, 3.05) is 45.9 Å². The first-order valence-corrected chi connectivity index (χ1v) is 41.4. The Kier molecular flexibility index (Phi) is 41.8. The number of amides is 19. The van der Waals surface area contributed by atoms with E-state index in [1.807, 2.05) is 0 Å². The number of benzene rings is 3. The molecule has 0 radical (unpaired) electrons. The first kappa shape index (κ1) is 104. The van der Waals surface area contributed by atoms with Gasteiger partial charge in [-0.1, -0.05) is 48.5 Å². The topological polar surface area (TPSA) is 815 Å². The third kappa shape index (κ3) is 35.5. The largest absolute Gasteiger partial charge is 0.508 e. The molecule has 19 amide bonds. The second-order valence-corrected chi connectivity index (χ2v) is 30.6. The van der Waals surface area contributed by atoms with Gasteiger partial charge in [-0.15, -0.1) is 0 Å².